The molecule has 1 aromatic heterocycles. The molecule has 0 unspecified atom stereocenters. The first-order valence-corrected chi connectivity index (χ1v) is 8.83. The standard InChI is InChI=1S/C19H21N3OS/c1-20-12-11-14-7-3-4-8-15(14)19(23)22(2)13-18-21-16-9-5-6-10-17(16)24-18/h3-10,20H,11-13H2,1-2H3. The van der Waals surface area contributed by atoms with Gasteiger partial charge in [-0.25, -0.2) is 4.98 Å². The third kappa shape index (κ3) is 3.63. The molecule has 0 radical (unpaired) electrons. The van der Waals surface area contributed by atoms with Gasteiger partial charge >= 0.3 is 0 Å². The van der Waals surface area contributed by atoms with Gasteiger partial charge in [-0.2, -0.15) is 0 Å². The van der Waals surface area contributed by atoms with Crippen molar-refractivity contribution in [1.82, 2.24) is 15.2 Å². The molecule has 5 heteroatoms. The molecule has 24 heavy (non-hydrogen) atoms. The van der Waals surface area contributed by atoms with Crippen LogP contribution in [0.2, 0.25) is 0 Å². The van der Waals surface area contributed by atoms with E-state index in [1.165, 1.54) is 0 Å². The number of aromatic nitrogens is 1. The molecule has 0 fully saturated rings. The van der Waals surface area contributed by atoms with Crippen molar-refractivity contribution in [2.75, 3.05) is 20.6 Å². The maximum Gasteiger partial charge on any atom is 0.254 e. The number of rotatable bonds is 6. The van der Waals surface area contributed by atoms with Crippen LogP contribution in [-0.4, -0.2) is 36.4 Å². The van der Waals surface area contributed by atoms with Crippen LogP contribution in [0, 0.1) is 0 Å². The monoisotopic (exact) mass is 339 g/mol. The van der Waals surface area contributed by atoms with E-state index in [4.69, 9.17) is 0 Å². The SMILES string of the molecule is CNCCc1ccccc1C(=O)N(C)Cc1nc2ccccc2s1. The van der Waals surface area contributed by atoms with Crippen LogP contribution >= 0.6 is 11.3 Å². The summed E-state index contributed by atoms with van der Waals surface area (Å²) in [6, 6.07) is 15.9. The lowest BCUT2D eigenvalue weighted by molar-refractivity contribution is 0.0784. The molecule has 4 nitrogen and oxygen atoms in total. The Kier molecular flexibility index (Phi) is 5.23. The first kappa shape index (κ1) is 16.6. The number of nitrogens with zero attached hydrogens (tertiary/aromatic N) is 2. The fourth-order valence-corrected chi connectivity index (χ4v) is 3.70. The average molecular weight is 339 g/mol. The molecule has 0 saturated carbocycles. The van der Waals surface area contributed by atoms with Gasteiger partial charge in [0.1, 0.15) is 5.01 Å². The number of nitrogens with one attached hydrogen (secondary N) is 1. The Balaban J connectivity index is 1.77. The van der Waals surface area contributed by atoms with E-state index in [1.807, 2.05) is 56.6 Å². The second-order valence-electron chi connectivity index (χ2n) is 5.75. The number of benzene rings is 2. The molecule has 3 aromatic rings. The third-order valence-electron chi connectivity index (χ3n) is 3.95. The van der Waals surface area contributed by atoms with E-state index >= 15 is 0 Å². The van der Waals surface area contributed by atoms with Crippen molar-refractivity contribution in [3.05, 3.63) is 64.7 Å². The summed E-state index contributed by atoms with van der Waals surface area (Å²) in [5, 5.41) is 4.09. The maximum absolute atomic E-state index is 12.8. The van der Waals surface area contributed by atoms with E-state index < -0.39 is 0 Å². The van der Waals surface area contributed by atoms with Crippen molar-refractivity contribution in [3.63, 3.8) is 0 Å². The van der Waals surface area contributed by atoms with Gasteiger partial charge in [0.05, 0.1) is 16.8 Å². The molecule has 0 bridgehead atoms. The second kappa shape index (κ2) is 7.55. The van der Waals surface area contributed by atoms with Gasteiger partial charge < -0.3 is 10.2 Å². The fourth-order valence-electron chi connectivity index (χ4n) is 2.67. The second-order valence-corrected chi connectivity index (χ2v) is 6.86. The largest absolute Gasteiger partial charge is 0.335 e. The highest BCUT2D eigenvalue weighted by Crippen LogP contribution is 2.23. The Morgan fingerprint density at radius 2 is 1.92 bits per heavy atom. The van der Waals surface area contributed by atoms with Crippen LogP contribution in [0.15, 0.2) is 48.5 Å². The van der Waals surface area contributed by atoms with Crippen molar-refractivity contribution in [1.29, 1.82) is 0 Å². The molecule has 0 aliphatic rings. The Morgan fingerprint density at radius 3 is 2.71 bits per heavy atom. The topological polar surface area (TPSA) is 45.2 Å². The zero-order valence-electron chi connectivity index (χ0n) is 14.0. The van der Waals surface area contributed by atoms with Gasteiger partial charge in [0.15, 0.2) is 0 Å². The summed E-state index contributed by atoms with van der Waals surface area (Å²) in [4.78, 5) is 19.2. The number of fused-ring (bicyclic) bond motifs is 1. The van der Waals surface area contributed by atoms with Gasteiger partial charge in [-0.3, -0.25) is 4.79 Å². The van der Waals surface area contributed by atoms with Crippen molar-refractivity contribution >= 4 is 27.5 Å². The molecule has 0 spiro atoms. The first-order valence-electron chi connectivity index (χ1n) is 8.01. The van der Waals surface area contributed by atoms with E-state index in [0.29, 0.717) is 6.54 Å². The Labute approximate surface area is 146 Å². The smallest absolute Gasteiger partial charge is 0.254 e. The van der Waals surface area contributed by atoms with Gasteiger partial charge in [-0.1, -0.05) is 30.3 Å². The lowest BCUT2D eigenvalue weighted by Gasteiger charge is -2.18. The lowest BCUT2D eigenvalue weighted by Crippen LogP contribution is -2.27. The minimum absolute atomic E-state index is 0.0426. The zero-order valence-corrected chi connectivity index (χ0v) is 14.8. The number of carbonyl (C=O) groups excluding carboxylic acids is 1. The van der Waals surface area contributed by atoms with E-state index in [9.17, 15) is 4.79 Å². The van der Waals surface area contributed by atoms with Gasteiger partial charge in [-0.15, -0.1) is 11.3 Å². The third-order valence-corrected chi connectivity index (χ3v) is 4.97. The molecular weight excluding hydrogens is 318 g/mol. The molecular formula is C19H21N3OS. The van der Waals surface area contributed by atoms with Crippen LogP contribution in [0.4, 0.5) is 0 Å². The molecule has 1 amide bonds. The molecule has 0 aliphatic carbocycles. The summed E-state index contributed by atoms with van der Waals surface area (Å²) in [6.07, 6.45) is 0.841. The van der Waals surface area contributed by atoms with Crippen LogP contribution < -0.4 is 5.32 Å². The number of hydrogen-bond donors (Lipinski definition) is 1. The summed E-state index contributed by atoms with van der Waals surface area (Å²) >= 11 is 1.64. The van der Waals surface area contributed by atoms with E-state index in [1.54, 1.807) is 16.2 Å². The number of carbonyl (C=O) groups is 1. The van der Waals surface area contributed by atoms with Gasteiger partial charge in [0.25, 0.3) is 5.91 Å². The molecule has 0 saturated heterocycles. The van der Waals surface area contributed by atoms with Gasteiger partial charge in [0, 0.05) is 12.6 Å². The van der Waals surface area contributed by atoms with Crippen LogP contribution in [-0.2, 0) is 13.0 Å². The van der Waals surface area contributed by atoms with Gasteiger partial charge in [0.2, 0.25) is 0 Å². The summed E-state index contributed by atoms with van der Waals surface area (Å²) < 4.78 is 1.16. The predicted octanol–water partition coefficient (Wildman–Crippen LogP) is 3.33. The molecule has 1 heterocycles. The highest BCUT2D eigenvalue weighted by atomic mass is 32.1. The van der Waals surface area contributed by atoms with Crippen LogP contribution in [0.5, 0.6) is 0 Å². The van der Waals surface area contributed by atoms with Crippen LogP contribution in [0.1, 0.15) is 20.9 Å². The summed E-state index contributed by atoms with van der Waals surface area (Å²) in [5.41, 5.74) is 2.84. The quantitative estimate of drug-likeness (QED) is 0.749. The molecule has 0 atom stereocenters. The fraction of sp³-hybridized carbons (Fsp3) is 0.263. The zero-order chi connectivity index (χ0) is 16.9. The minimum Gasteiger partial charge on any atom is -0.335 e. The summed E-state index contributed by atoms with van der Waals surface area (Å²) in [7, 11) is 3.76. The molecule has 2 aromatic carbocycles. The summed E-state index contributed by atoms with van der Waals surface area (Å²) in [6.45, 7) is 1.38. The molecule has 124 valence electrons. The predicted molar refractivity (Wildman–Crippen MR) is 99.5 cm³/mol. The van der Waals surface area contributed by atoms with Gasteiger partial charge in [-0.05, 0) is 43.8 Å². The lowest BCUT2D eigenvalue weighted by atomic mass is 10.0. The van der Waals surface area contributed by atoms with Crippen molar-refractivity contribution in [2.24, 2.45) is 0 Å². The normalized spacial score (nSPS) is 10.9. The number of likely N-dealkylation sites (N-methyl/N-ethyl adjacent to an activating group) is 1. The summed E-state index contributed by atoms with van der Waals surface area (Å²) in [5.74, 6) is 0.0426. The average Bonchev–Trinajstić information content (AvgIpc) is 3.01. The van der Waals surface area contributed by atoms with E-state index in [0.717, 1.165) is 39.3 Å². The highest BCUT2D eigenvalue weighted by molar-refractivity contribution is 7.18. The first-order chi connectivity index (χ1) is 11.7. The minimum atomic E-state index is 0.0426. The number of hydrogen-bond acceptors (Lipinski definition) is 4. The molecule has 3 rings (SSSR count). The Morgan fingerprint density at radius 1 is 1.17 bits per heavy atom. The van der Waals surface area contributed by atoms with Crippen molar-refractivity contribution in [3.8, 4) is 0 Å². The molecule has 0 aliphatic heterocycles. The highest BCUT2D eigenvalue weighted by Gasteiger charge is 2.17. The Bertz CT molecular complexity index is 810. The van der Waals surface area contributed by atoms with E-state index in [2.05, 4.69) is 16.4 Å². The van der Waals surface area contributed by atoms with Crippen LogP contribution in [0.3, 0.4) is 0 Å². The number of thiazole rings is 1. The molecule has 1 N–H and O–H groups in total. The number of amides is 1. The van der Waals surface area contributed by atoms with E-state index in [-0.39, 0.29) is 5.91 Å². The number of para-hydroxylation sites is 1. The Hall–Kier alpha value is -2.24. The van der Waals surface area contributed by atoms with Crippen LogP contribution in [0.25, 0.3) is 10.2 Å². The maximum atomic E-state index is 12.8. The van der Waals surface area contributed by atoms with Crippen molar-refractivity contribution < 1.29 is 4.79 Å². The van der Waals surface area contributed by atoms with Crippen molar-refractivity contribution in [2.45, 2.75) is 13.0 Å².